The number of fused-ring (bicyclic) bond motifs is 1. The predicted octanol–water partition coefficient (Wildman–Crippen LogP) is 2.85. The number of ether oxygens (including phenoxy) is 1. The second kappa shape index (κ2) is 8.50. The maximum absolute atomic E-state index is 13.5. The van der Waals surface area contributed by atoms with Crippen molar-refractivity contribution in [1.82, 2.24) is 24.6 Å². The van der Waals surface area contributed by atoms with Gasteiger partial charge >= 0.3 is 6.09 Å². The van der Waals surface area contributed by atoms with Crippen molar-refractivity contribution in [2.24, 2.45) is 0 Å². The number of nitrogens with zero attached hydrogens (tertiary/aromatic N) is 6. The number of aryl methyl sites for hydroxylation is 2. The number of benzene rings is 1. The minimum Gasteiger partial charge on any atom is -0.496 e. The Balaban J connectivity index is 1.71. The van der Waals surface area contributed by atoms with Gasteiger partial charge in [0, 0.05) is 31.1 Å². The zero-order valence-electron chi connectivity index (χ0n) is 17.9. The molecule has 3 heterocycles. The lowest BCUT2D eigenvalue weighted by Gasteiger charge is -2.39. The molecule has 0 unspecified atom stereocenters. The number of nitrogens with two attached hydrogens (primary N) is 1. The SMILES string of the molecule is COc1c(CCn2nc(C(F)F)c3c(N)ncnc32)cc(C#N)c(C)c1C1CN(C(=O)O)C1. The summed E-state index contributed by atoms with van der Waals surface area (Å²) < 4.78 is 34.0. The maximum atomic E-state index is 13.5. The summed E-state index contributed by atoms with van der Waals surface area (Å²) in [5.41, 5.74) is 8.15. The van der Waals surface area contributed by atoms with Crippen LogP contribution in [0.5, 0.6) is 5.75 Å². The number of hydrogen-bond donors (Lipinski definition) is 2. The van der Waals surface area contributed by atoms with Crippen molar-refractivity contribution in [3.05, 3.63) is 40.3 Å². The first-order valence-corrected chi connectivity index (χ1v) is 10.1. The summed E-state index contributed by atoms with van der Waals surface area (Å²) in [4.78, 5) is 20.3. The molecule has 10 nitrogen and oxygen atoms in total. The van der Waals surface area contributed by atoms with E-state index < -0.39 is 18.2 Å². The highest BCUT2D eigenvalue weighted by molar-refractivity contribution is 5.88. The lowest BCUT2D eigenvalue weighted by molar-refractivity contribution is 0.104. The molecule has 0 atom stereocenters. The molecule has 3 aromatic rings. The van der Waals surface area contributed by atoms with Gasteiger partial charge in [0.15, 0.2) is 5.65 Å². The summed E-state index contributed by atoms with van der Waals surface area (Å²) >= 11 is 0. The van der Waals surface area contributed by atoms with Crippen LogP contribution in [0.15, 0.2) is 12.4 Å². The highest BCUT2D eigenvalue weighted by Crippen LogP contribution is 2.40. The van der Waals surface area contributed by atoms with E-state index in [0.717, 1.165) is 11.1 Å². The van der Waals surface area contributed by atoms with E-state index in [-0.39, 0.29) is 29.3 Å². The standard InChI is InChI=1S/C21H21F2N7O3/c1-10-12(6-24)5-11(17(33-2)14(10)13-7-29(8-13)21(31)32)3-4-30-20-15(16(28-30)18(22)23)19(25)26-9-27-20/h5,9,13,18H,3-4,7-8H2,1-2H3,(H,31,32)(H2,25,26,27). The molecule has 0 radical (unpaired) electrons. The molecule has 1 aromatic carbocycles. The first-order chi connectivity index (χ1) is 15.8. The van der Waals surface area contributed by atoms with Gasteiger partial charge < -0.3 is 20.5 Å². The molecule has 12 heteroatoms. The summed E-state index contributed by atoms with van der Waals surface area (Å²) in [7, 11) is 1.51. The van der Waals surface area contributed by atoms with E-state index in [4.69, 9.17) is 15.6 Å². The largest absolute Gasteiger partial charge is 0.496 e. The van der Waals surface area contributed by atoms with Gasteiger partial charge in [0.25, 0.3) is 6.43 Å². The fourth-order valence-electron chi connectivity index (χ4n) is 4.28. The average molecular weight is 457 g/mol. The predicted molar refractivity (Wildman–Crippen MR) is 113 cm³/mol. The number of hydrogen-bond acceptors (Lipinski definition) is 7. The third-order valence-corrected chi connectivity index (χ3v) is 5.93. The van der Waals surface area contributed by atoms with Crippen molar-refractivity contribution >= 4 is 22.9 Å². The van der Waals surface area contributed by atoms with Crippen molar-refractivity contribution in [2.75, 3.05) is 25.9 Å². The molecule has 3 N–H and O–H groups in total. The number of carbonyl (C=O) groups is 1. The van der Waals surface area contributed by atoms with Crippen molar-refractivity contribution in [2.45, 2.75) is 32.2 Å². The fraction of sp³-hybridized carbons (Fsp3) is 0.381. The van der Waals surface area contributed by atoms with Gasteiger partial charge in [-0.3, -0.25) is 0 Å². The number of nitrogen functional groups attached to an aromatic ring is 1. The lowest BCUT2D eigenvalue weighted by atomic mass is 9.84. The summed E-state index contributed by atoms with van der Waals surface area (Å²) in [5, 5.41) is 22.8. The number of carboxylic acid groups (broad SMARTS) is 1. The summed E-state index contributed by atoms with van der Waals surface area (Å²) in [5.74, 6) is 0.379. The molecular formula is C21H21F2N7O3. The number of rotatable bonds is 6. The smallest absolute Gasteiger partial charge is 0.407 e. The number of aromatic nitrogens is 4. The summed E-state index contributed by atoms with van der Waals surface area (Å²) in [6.07, 6.45) is -2.34. The molecule has 1 aliphatic heterocycles. The quantitative estimate of drug-likeness (QED) is 0.575. The fourth-order valence-corrected chi connectivity index (χ4v) is 4.28. The maximum Gasteiger partial charge on any atom is 0.407 e. The number of likely N-dealkylation sites (tertiary alicyclic amines) is 1. The van der Waals surface area contributed by atoms with Crippen LogP contribution in [-0.4, -0.2) is 56.0 Å². The zero-order chi connectivity index (χ0) is 23.9. The summed E-state index contributed by atoms with van der Waals surface area (Å²) in [6, 6.07) is 3.88. The third kappa shape index (κ3) is 3.75. The van der Waals surface area contributed by atoms with Gasteiger partial charge in [-0.2, -0.15) is 10.4 Å². The van der Waals surface area contributed by atoms with Gasteiger partial charge in [-0.15, -0.1) is 0 Å². The van der Waals surface area contributed by atoms with Gasteiger partial charge in [0.2, 0.25) is 0 Å². The van der Waals surface area contributed by atoms with E-state index in [0.29, 0.717) is 36.4 Å². The van der Waals surface area contributed by atoms with E-state index in [2.05, 4.69) is 21.1 Å². The minimum absolute atomic E-state index is 0.0185. The minimum atomic E-state index is -2.84. The van der Waals surface area contributed by atoms with Crippen LogP contribution in [0.3, 0.4) is 0 Å². The Kier molecular flexibility index (Phi) is 5.71. The average Bonchev–Trinajstić information content (AvgIpc) is 3.12. The van der Waals surface area contributed by atoms with Gasteiger partial charge in [-0.05, 0) is 30.5 Å². The normalized spacial score (nSPS) is 13.9. The monoisotopic (exact) mass is 457 g/mol. The van der Waals surface area contributed by atoms with Crippen LogP contribution in [0.2, 0.25) is 0 Å². The molecule has 172 valence electrons. The van der Waals surface area contributed by atoms with Crippen LogP contribution in [0, 0.1) is 18.3 Å². The van der Waals surface area contributed by atoms with Crippen molar-refractivity contribution < 1.29 is 23.4 Å². The van der Waals surface area contributed by atoms with E-state index in [9.17, 15) is 18.8 Å². The van der Waals surface area contributed by atoms with Crippen molar-refractivity contribution in [1.29, 1.82) is 5.26 Å². The molecule has 33 heavy (non-hydrogen) atoms. The summed E-state index contributed by atoms with van der Waals surface area (Å²) in [6.45, 7) is 2.59. The number of nitriles is 1. The molecule has 0 spiro atoms. The molecule has 1 saturated heterocycles. The van der Waals surface area contributed by atoms with E-state index in [1.165, 1.54) is 23.0 Å². The van der Waals surface area contributed by atoms with E-state index >= 15 is 0 Å². The van der Waals surface area contributed by atoms with Gasteiger partial charge in [-0.1, -0.05) is 0 Å². The third-order valence-electron chi connectivity index (χ3n) is 5.93. The second-order valence-electron chi connectivity index (χ2n) is 7.77. The van der Waals surface area contributed by atoms with Gasteiger partial charge in [0.1, 0.15) is 23.6 Å². The van der Waals surface area contributed by atoms with Crippen molar-refractivity contribution in [3.63, 3.8) is 0 Å². The Morgan fingerprint density at radius 2 is 2.15 bits per heavy atom. The van der Waals surface area contributed by atoms with Crippen LogP contribution < -0.4 is 10.5 Å². The molecule has 0 aliphatic carbocycles. The Morgan fingerprint density at radius 3 is 2.76 bits per heavy atom. The highest BCUT2D eigenvalue weighted by Gasteiger charge is 2.36. The molecule has 1 aliphatic rings. The highest BCUT2D eigenvalue weighted by atomic mass is 19.3. The first kappa shape index (κ1) is 22.2. The van der Waals surface area contributed by atoms with Crippen molar-refractivity contribution in [3.8, 4) is 11.8 Å². The first-order valence-electron chi connectivity index (χ1n) is 10.1. The van der Waals surface area contributed by atoms with Gasteiger partial charge in [-0.25, -0.2) is 28.2 Å². The Morgan fingerprint density at radius 1 is 1.42 bits per heavy atom. The van der Waals surface area contributed by atoms with Crippen LogP contribution in [-0.2, 0) is 13.0 Å². The Bertz CT molecular complexity index is 1280. The molecule has 1 fully saturated rings. The topological polar surface area (TPSA) is 143 Å². The number of halogens is 2. The lowest BCUT2D eigenvalue weighted by Crippen LogP contribution is -2.48. The molecule has 2 aromatic heterocycles. The number of alkyl halides is 2. The number of anilines is 1. The molecule has 0 bridgehead atoms. The Labute approximate surface area is 187 Å². The van der Waals surface area contributed by atoms with E-state index in [1.807, 2.05) is 0 Å². The Hall–Kier alpha value is -4.01. The van der Waals surface area contributed by atoms with Crippen LogP contribution >= 0.6 is 0 Å². The number of amides is 1. The molecular weight excluding hydrogens is 436 g/mol. The molecule has 1 amide bonds. The van der Waals surface area contributed by atoms with E-state index in [1.54, 1.807) is 13.0 Å². The second-order valence-corrected chi connectivity index (χ2v) is 7.77. The zero-order valence-corrected chi connectivity index (χ0v) is 17.9. The van der Waals surface area contributed by atoms with Gasteiger partial charge in [0.05, 0.1) is 24.1 Å². The molecule has 4 rings (SSSR count). The van der Waals surface area contributed by atoms with Crippen LogP contribution in [0.4, 0.5) is 19.4 Å². The van der Waals surface area contributed by atoms with Crippen LogP contribution in [0.1, 0.15) is 40.3 Å². The number of methoxy groups -OCH3 is 1. The molecule has 0 saturated carbocycles. The van der Waals surface area contributed by atoms with Crippen LogP contribution in [0.25, 0.3) is 11.0 Å².